The number of aliphatic carboxylic acids is 1. The summed E-state index contributed by atoms with van der Waals surface area (Å²) in [7, 11) is 0. The maximum Gasteiger partial charge on any atom is 0.320 e. The first-order valence-corrected chi connectivity index (χ1v) is 5.69. The minimum absolute atomic E-state index is 0.190. The fraction of sp³-hybridized carbons (Fsp3) is 0.385. The van der Waals surface area contributed by atoms with E-state index in [-0.39, 0.29) is 18.3 Å². The van der Waals surface area contributed by atoms with E-state index in [1.807, 2.05) is 0 Å². The normalized spacial score (nSPS) is 12.2. The Hall–Kier alpha value is -1.88. The van der Waals surface area contributed by atoms with Gasteiger partial charge < -0.3 is 15.6 Å². The first-order valence-electron chi connectivity index (χ1n) is 5.69. The summed E-state index contributed by atoms with van der Waals surface area (Å²) < 4.78 is 5.10. The van der Waals surface area contributed by atoms with Crippen LogP contribution in [0.2, 0.25) is 0 Å². The smallest absolute Gasteiger partial charge is 0.320 e. The Morgan fingerprint density at radius 1 is 1.28 bits per heavy atom. The van der Waals surface area contributed by atoms with Crippen LogP contribution in [0.15, 0.2) is 24.3 Å². The van der Waals surface area contributed by atoms with Gasteiger partial charge in [0.1, 0.15) is 11.8 Å². The molecule has 1 aromatic rings. The van der Waals surface area contributed by atoms with Crippen molar-refractivity contribution in [2.45, 2.75) is 26.3 Å². The molecule has 0 aliphatic heterocycles. The monoisotopic (exact) mass is 251 g/mol. The van der Waals surface area contributed by atoms with Gasteiger partial charge in [0.2, 0.25) is 0 Å². The van der Waals surface area contributed by atoms with Gasteiger partial charge in [0.25, 0.3) is 0 Å². The largest absolute Gasteiger partial charge is 0.480 e. The van der Waals surface area contributed by atoms with E-state index in [0.717, 1.165) is 5.56 Å². The zero-order chi connectivity index (χ0) is 13.7. The summed E-state index contributed by atoms with van der Waals surface area (Å²) >= 11 is 0. The van der Waals surface area contributed by atoms with Crippen LogP contribution in [0, 0.1) is 5.92 Å². The lowest BCUT2D eigenvalue weighted by Crippen LogP contribution is -2.32. The molecule has 0 radical (unpaired) electrons. The van der Waals surface area contributed by atoms with Crippen molar-refractivity contribution in [3.05, 3.63) is 29.8 Å². The third-order valence-corrected chi connectivity index (χ3v) is 2.39. The van der Waals surface area contributed by atoms with Gasteiger partial charge in [0.05, 0.1) is 5.92 Å². The zero-order valence-corrected chi connectivity index (χ0v) is 10.4. The van der Waals surface area contributed by atoms with E-state index in [9.17, 15) is 9.59 Å². The van der Waals surface area contributed by atoms with Crippen LogP contribution >= 0.6 is 0 Å². The lowest BCUT2D eigenvalue weighted by molar-refractivity contribution is -0.139. The number of hydrogen-bond donors (Lipinski definition) is 2. The lowest BCUT2D eigenvalue weighted by atomic mass is 10.1. The van der Waals surface area contributed by atoms with E-state index in [1.54, 1.807) is 38.1 Å². The lowest BCUT2D eigenvalue weighted by Gasteiger charge is -2.09. The van der Waals surface area contributed by atoms with Crippen molar-refractivity contribution < 1.29 is 19.4 Å². The number of ether oxygens (including phenoxy) is 1. The molecule has 0 heterocycles. The van der Waals surface area contributed by atoms with Crippen LogP contribution in [0.5, 0.6) is 5.75 Å². The Morgan fingerprint density at radius 3 is 2.28 bits per heavy atom. The molecule has 5 heteroatoms. The average Bonchev–Trinajstić information content (AvgIpc) is 2.31. The summed E-state index contributed by atoms with van der Waals surface area (Å²) in [5.41, 5.74) is 6.21. The van der Waals surface area contributed by atoms with Crippen molar-refractivity contribution in [3.8, 4) is 5.75 Å². The van der Waals surface area contributed by atoms with Gasteiger partial charge in [0.15, 0.2) is 0 Å². The molecule has 1 aromatic carbocycles. The number of benzene rings is 1. The molecule has 0 fully saturated rings. The molecule has 0 aliphatic rings. The Balaban J connectivity index is 2.63. The molecule has 0 saturated carbocycles. The second kappa shape index (κ2) is 6.16. The maximum atomic E-state index is 11.3. The van der Waals surface area contributed by atoms with Crippen LogP contribution in [0.25, 0.3) is 0 Å². The number of nitrogens with two attached hydrogens (primary N) is 1. The van der Waals surface area contributed by atoms with Crippen LogP contribution < -0.4 is 10.5 Å². The Morgan fingerprint density at radius 2 is 1.83 bits per heavy atom. The number of esters is 1. The highest BCUT2D eigenvalue weighted by Gasteiger charge is 2.13. The van der Waals surface area contributed by atoms with Crippen LogP contribution in [-0.4, -0.2) is 23.1 Å². The van der Waals surface area contributed by atoms with Gasteiger partial charge in [-0.1, -0.05) is 26.0 Å². The highest BCUT2D eigenvalue weighted by Crippen LogP contribution is 2.14. The number of carboxylic acids is 1. The molecule has 0 aliphatic carbocycles. The quantitative estimate of drug-likeness (QED) is 0.606. The van der Waals surface area contributed by atoms with Gasteiger partial charge in [-0.3, -0.25) is 9.59 Å². The van der Waals surface area contributed by atoms with Crippen LogP contribution in [0.3, 0.4) is 0 Å². The van der Waals surface area contributed by atoms with Crippen molar-refractivity contribution in [3.63, 3.8) is 0 Å². The van der Waals surface area contributed by atoms with Gasteiger partial charge in [-0.2, -0.15) is 0 Å². The summed E-state index contributed by atoms with van der Waals surface area (Å²) in [6, 6.07) is 5.74. The Bertz CT molecular complexity index is 425. The molecule has 18 heavy (non-hydrogen) atoms. The molecular weight excluding hydrogens is 234 g/mol. The summed E-state index contributed by atoms with van der Waals surface area (Å²) in [6.07, 6.45) is 0.244. The predicted molar refractivity (Wildman–Crippen MR) is 66.2 cm³/mol. The molecule has 5 nitrogen and oxygen atoms in total. The third kappa shape index (κ3) is 4.18. The number of carbonyl (C=O) groups excluding carboxylic acids is 1. The molecule has 0 unspecified atom stereocenters. The molecule has 0 saturated heterocycles. The molecule has 0 spiro atoms. The van der Waals surface area contributed by atoms with Gasteiger partial charge in [0, 0.05) is 0 Å². The second-order valence-corrected chi connectivity index (χ2v) is 4.37. The minimum atomic E-state index is -1.04. The van der Waals surface area contributed by atoms with Crippen LogP contribution in [0.1, 0.15) is 19.4 Å². The Labute approximate surface area is 106 Å². The predicted octanol–water partition coefficient (Wildman–Crippen LogP) is 1.20. The van der Waals surface area contributed by atoms with E-state index in [0.29, 0.717) is 5.75 Å². The number of carbonyl (C=O) groups is 2. The third-order valence-electron chi connectivity index (χ3n) is 2.39. The van der Waals surface area contributed by atoms with Crippen molar-refractivity contribution >= 4 is 11.9 Å². The van der Waals surface area contributed by atoms with Crippen molar-refractivity contribution in [2.24, 2.45) is 11.7 Å². The second-order valence-electron chi connectivity index (χ2n) is 4.37. The first kappa shape index (κ1) is 14.2. The fourth-order valence-corrected chi connectivity index (χ4v) is 1.27. The van der Waals surface area contributed by atoms with E-state index in [2.05, 4.69) is 0 Å². The first-order chi connectivity index (χ1) is 8.40. The molecular formula is C13H17NO4. The molecule has 3 N–H and O–H groups in total. The van der Waals surface area contributed by atoms with Gasteiger partial charge in [-0.25, -0.2) is 0 Å². The van der Waals surface area contributed by atoms with Crippen molar-refractivity contribution in [1.29, 1.82) is 0 Å². The van der Waals surface area contributed by atoms with Crippen molar-refractivity contribution in [1.82, 2.24) is 0 Å². The molecule has 0 bridgehead atoms. The summed E-state index contributed by atoms with van der Waals surface area (Å²) in [6.45, 7) is 3.51. The highest BCUT2D eigenvalue weighted by atomic mass is 16.5. The summed E-state index contributed by atoms with van der Waals surface area (Å²) in [5, 5.41) is 8.68. The Kier molecular flexibility index (Phi) is 4.85. The average molecular weight is 251 g/mol. The van der Waals surface area contributed by atoms with E-state index in [1.165, 1.54) is 0 Å². The summed E-state index contributed by atoms with van der Waals surface area (Å²) in [4.78, 5) is 21.9. The minimum Gasteiger partial charge on any atom is -0.480 e. The van der Waals surface area contributed by atoms with E-state index >= 15 is 0 Å². The number of rotatable bonds is 5. The van der Waals surface area contributed by atoms with Crippen LogP contribution in [-0.2, 0) is 16.0 Å². The van der Waals surface area contributed by atoms with Gasteiger partial charge >= 0.3 is 11.9 Å². The molecule has 98 valence electrons. The fourth-order valence-electron chi connectivity index (χ4n) is 1.27. The molecule has 1 atom stereocenters. The number of hydrogen-bond acceptors (Lipinski definition) is 4. The van der Waals surface area contributed by atoms with E-state index in [4.69, 9.17) is 15.6 Å². The standard InChI is InChI=1S/C13H17NO4/c1-8(2)13(17)18-10-5-3-9(4-6-10)7-11(14)12(15)16/h3-6,8,11H,7,14H2,1-2H3,(H,15,16)/t11-/m0/s1. The topological polar surface area (TPSA) is 89.6 Å². The summed E-state index contributed by atoms with van der Waals surface area (Å²) in [5.74, 6) is -1.08. The molecule has 0 amide bonds. The van der Waals surface area contributed by atoms with Crippen LogP contribution in [0.4, 0.5) is 0 Å². The zero-order valence-electron chi connectivity index (χ0n) is 10.4. The van der Waals surface area contributed by atoms with E-state index < -0.39 is 12.0 Å². The number of carboxylic acid groups (broad SMARTS) is 1. The molecule has 0 aromatic heterocycles. The SMILES string of the molecule is CC(C)C(=O)Oc1ccc(C[C@H](N)C(=O)O)cc1. The van der Waals surface area contributed by atoms with Gasteiger partial charge in [-0.15, -0.1) is 0 Å². The maximum absolute atomic E-state index is 11.3. The van der Waals surface area contributed by atoms with Gasteiger partial charge in [-0.05, 0) is 24.1 Å². The molecule has 1 rings (SSSR count). The highest BCUT2D eigenvalue weighted by molar-refractivity contribution is 5.74. The van der Waals surface area contributed by atoms with Crippen molar-refractivity contribution in [2.75, 3.05) is 0 Å².